The Morgan fingerprint density at radius 1 is 0.931 bits per heavy atom. The zero-order valence-corrected chi connectivity index (χ0v) is 16.2. The molecule has 2 aromatic carbocycles. The average molecular weight is 384 g/mol. The van der Waals surface area contributed by atoms with E-state index in [-0.39, 0.29) is 5.91 Å². The lowest BCUT2D eigenvalue weighted by molar-refractivity contribution is 0.102. The Kier molecular flexibility index (Phi) is 5.07. The minimum atomic E-state index is -0.241. The maximum atomic E-state index is 12.6. The fraction of sp³-hybridized carbons (Fsp3) is 0.0870. The molecular formula is C23H20N4O2. The topological polar surface area (TPSA) is 69.0 Å². The monoisotopic (exact) mass is 384 g/mol. The lowest BCUT2D eigenvalue weighted by Gasteiger charge is -2.09. The van der Waals surface area contributed by atoms with E-state index in [1.807, 2.05) is 68.4 Å². The standard InChI is InChI=1S/C23H20N4O2/c1-16-13-17(2)27(26-16)22-12-11-18(15-24-22)23(28)25-19-7-6-10-21(14-19)29-20-8-4-3-5-9-20/h3-15H,1-2H3,(H,25,28). The molecule has 144 valence electrons. The van der Waals surface area contributed by atoms with E-state index in [0.717, 1.165) is 17.1 Å². The number of pyridine rings is 1. The van der Waals surface area contributed by atoms with Gasteiger partial charge < -0.3 is 10.1 Å². The number of nitrogens with zero attached hydrogens (tertiary/aromatic N) is 3. The van der Waals surface area contributed by atoms with Crippen LogP contribution in [0.3, 0.4) is 0 Å². The number of rotatable bonds is 5. The lowest BCUT2D eigenvalue weighted by Crippen LogP contribution is -2.13. The first kappa shape index (κ1) is 18.4. The Morgan fingerprint density at radius 3 is 2.41 bits per heavy atom. The number of nitrogens with one attached hydrogen (secondary N) is 1. The summed E-state index contributed by atoms with van der Waals surface area (Å²) in [7, 11) is 0. The third-order valence-corrected chi connectivity index (χ3v) is 4.31. The van der Waals surface area contributed by atoms with Crippen LogP contribution in [0, 0.1) is 13.8 Å². The summed E-state index contributed by atoms with van der Waals surface area (Å²) in [4.78, 5) is 17.0. The molecule has 0 atom stereocenters. The van der Waals surface area contributed by atoms with Gasteiger partial charge in [0.1, 0.15) is 11.5 Å². The Morgan fingerprint density at radius 2 is 1.72 bits per heavy atom. The second kappa shape index (κ2) is 7.98. The smallest absolute Gasteiger partial charge is 0.257 e. The van der Waals surface area contributed by atoms with Gasteiger partial charge in [0.2, 0.25) is 0 Å². The molecule has 2 heterocycles. The predicted octanol–water partition coefficient (Wildman–Crippen LogP) is 4.93. The second-order valence-electron chi connectivity index (χ2n) is 6.64. The summed E-state index contributed by atoms with van der Waals surface area (Å²) in [5.41, 5.74) is 3.02. The van der Waals surface area contributed by atoms with Crippen LogP contribution in [0.15, 0.2) is 79.0 Å². The summed E-state index contributed by atoms with van der Waals surface area (Å²) in [6, 6.07) is 22.3. The van der Waals surface area contributed by atoms with E-state index in [4.69, 9.17) is 4.74 Å². The number of benzene rings is 2. The average Bonchev–Trinajstić information content (AvgIpc) is 3.07. The summed E-state index contributed by atoms with van der Waals surface area (Å²) in [6.07, 6.45) is 1.55. The summed E-state index contributed by atoms with van der Waals surface area (Å²) >= 11 is 0. The molecule has 0 saturated heterocycles. The van der Waals surface area contributed by atoms with E-state index in [1.54, 1.807) is 29.1 Å². The van der Waals surface area contributed by atoms with E-state index in [1.165, 1.54) is 0 Å². The molecule has 0 spiro atoms. The first-order valence-corrected chi connectivity index (χ1v) is 9.22. The molecule has 6 heteroatoms. The highest BCUT2D eigenvalue weighted by Crippen LogP contribution is 2.24. The van der Waals surface area contributed by atoms with Crippen LogP contribution in [-0.2, 0) is 0 Å². The van der Waals surface area contributed by atoms with E-state index in [0.29, 0.717) is 22.8 Å². The normalized spacial score (nSPS) is 10.6. The second-order valence-corrected chi connectivity index (χ2v) is 6.64. The van der Waals surface area contributed by atoms with Crippen LogP contribution in [0.25, 0.3) is 5.82 Å². The summed E-state index contributed by atoms with van der Waals surface area (Å²) < 4.78 is 7.56. The van der Waals surface area contributed by atoms with Crippen molar-refractivity contribution in [3.8, 4) is 17.3 Å². The highest BCUT2D eigenvalue weighted by Gasteiger charge is 2.10. The number of amides is 1. The van der Waals surface area contributed by atoms with Gasteiger partial charge in [-0.15, -0.1) is 0 Å². The minimum Gasteiger partial charge on any atom is -0.457 e. The van der Waals surface area contributed by atoms with E-state index in [2.05, 4.69) is 15.4 Å². The largest absolute Gasteiger partial charge is 0.457 e. The summed E-state index contributed by atoms with van der Waals surface area (Å²) in [5, 5.41) is 7.28. The Labute approximate surface area is 168 Å². The molecule has 0 aliphatic carbocycles. The number of hydrogen-bond acceptors (Lipinski definition) is 4. The molecule has 0 bridgehead atoms. The van der Waals surface area contributed by atoms with Crippen molar-refractivity contribution in [1.82, 2.24) is 14.8 Å². The van der Waals surface area contributed by atoms with Crippen molar-refractivity contribution >= 4 is 11.6 Å². The predicted molar refractivity (Wildman–Crippen MR) is 112 cm³/mol. The van der Waals surface area contributed by atoms with Crippen LogP contribution >= 0.6 is 0 Å². The fourth-order valence-corrected chi connectivity index (χ4v) is 2.97. The SMILES string of the molecule is Cc1cc(C)n(-c2ccc(C(=O)Nc3cccc(Oc4ccccc4)c3)cn2)n1. The van der Waals surface area contributed by atoms with Gasteiger partial charge in [0.25, 0.3) is 5.91 Å². The van der Waals surface area contributed by atoms with Crippen molar-refractivity contribution < 1.29 is 9.53 Å². The quantitative estimate of drug-likeness (QED) is 0.530. The molecule has 4 aromatic rings. The molecule has 0 saturated carbocycles. The van der Waals surface area contributed by atoms with Crippen LogP contribution in [0.2, 0.25) is 0 Å². The van der Waals surface area contributed by atoms with Crippen molar-refractivity contribution in [1.29, 1.82) is 0 Å². The summed E-state index contributed by atoms with van der Waals surface area (Å²) in [5.74, 6) is 1.81. The van der Waals surface area contributed by atoms with Crippen molar-refractivity contribution in [3.05, 3.63) is 95.9 Å². The number of anilines is 1. The van der Waals surface area contributed by atoms with Crippen LogP contribution in [-0.4, -0.2) is 20.7 Å². The molecule has 0 radical (unpaired) electrons. The van der Waals surface area contributed by atoms with Crippen molar-refractivity contribution in [3.63, 3.8) is 0 Å². The molecule has 4 rings (SSSR count). The first-order chi connectivity index (χ1) is 14.1. The van der Waals surface area contributed by atoms with Gasteiger partial charge >= 0.3 is 0 Å². The third kappa shape index (κ3) is 4.32. The molecular weight excluding hydrogens is 364 g/mol. The van der Waals surface area contributed by atoms with Gasteiger partial charge in [-0.2, -0.15) is 5.10 Å². The van der Waals surface area contributed by atoms with Crippen molar-refractivity contribution in [2.24, 2.45) is 0 Å². The third-order valence-electron chi connectivity index (χ3n) is 4.31. The van der Waals surface area contributed by atoms with Gasteiger partial charge in [-0.1, -0.05) is 24.3 Å². The number of carbonyl (C=O) groups excluding carboxylic acids is 1. The number of carbonyl (C=O) groups is 1. The number of aromatic nitrogens is 3. The molecule has 2 aromatic heterocycles. The van der Waals surface area contributed by atoms with Crippen LogP contribution in [0.4, 0.5) is 5.69 Å². The summed E-state index contributed by atoms with van der Waals surface area (Å²) in [6.45, 7) is 3.90. The number of ether oxygens (including phenoxy) is 1. The Bertz CT molecular complexity index is 1140. The molecule has 0 aliphatic heterocycles. The number of para-hydroxylation sites is 1. The number of hydrogen-bond donors (Lipinski definition) is 1. The molecule has 0 fully saturated rings. The highest BCUT2D eigenvalue weighted by atomic mass is 16.5. The van der Waals surface area contributed by atoms with Gasteiger partial charge in [-0.05, 0) is 56.3 Å². The molecule has 0 unspecified atom stereocenters. The molecule has 0 aliphatic rings. The van der Waals surface area contributed by atoms with E-state index in [9.17, 15) is 4.79 Å². The Balaban J connectivity index is 1.46. The van der Waals surface area contributed by atoms with E-state index < -0.39 is 0 Å². The maximum Gasteiger partial charge on any atom is 0.257 e. The highest BCUT2D eigenvalue weighted by molar-refractivity contribution is 6.04. The van der Waals surface area contributed by atoms with Crippen LogP contribution in [0.1, 0.15) is 21.7 Å². The van der Waals surface area contributed by atoms with Gasteiger partial charge in [0.05, 0.1) is 11.3 Å². The van der Waals surface area contributed by atoms with Crippen LogP contribution in [0.5, 0.6) is 11.5 Å². The zero-order chi connectivity index (χ0) is 20.2. The van der Waals surface area contributed by atoms with E-state index >= 15 is 0 Å². The molecule has 1 amide bonds. The fourth-order valence-electron chi connectivity index (χ4n) is 2.97. The van der Waals surface area contributed by atoms with Crippen molar-refractivity contribution in [2.45, 2.75) is 13.8 Å². The minimum absolute atomic E-state index is 0.241. The maximum absolute atomic E-state index is 12.6. The van der Waals surface area contributed by atoms with Gasteiger partial charge in [-0.3, -0.25) is 4.79 Å². The van der Waals surface area contributed by atoms with Crippen LogP contribution < -0.4 is 10.1 Å². The number of aryl methyl sites for hydroxylation is 2. The molecule has 6 nitrogen and oxygen atoms in total. The molecule has 29 heavy (non-hydrogen) atoms. The van der Waals surface area contributed by atoms with Gasteiger partial charge in [-0.25, -0.2) is 9.67 Å². The lowest BCUT2D eigenvalue weighted by atomic mass is 10.2. The first-order valence-electron chi connectivity index (χ1n) is 9.22. The molecule has 1 N–H and O–H groups in total. The zero-order valence-electron chi connectivity index (χ0n) is 16.2. The van der Waals surface area contributed by atoms with Gasteiger partial charge in [0, 0.05) is 23.6 Å². The van der Waals surface area contributed by atoms with Gasteiger partial charge in [0.15, 0.2) is 5.82 Å². The van der Waals surface area contributed by atoms with Crippen molar-refractivity contribution in [2.75, 3.05) is 5.32 Å². The Hall–Kier alpha value is -3.93.